The highest BCUT2D eigenvalue weighted by atomic mass is 16.6. The quantitative estimate of drug-likeness (QED) is 0.0262. The smallest absolute Gasteiger partial charge is 0.306 e. The Bertz CT molecular complexity index is 1390. The molecule has 0 aromatic carbocycles. The molecule has 0 aliphatic carbocycles. The normalized spacial score (nSPS) is 12.9. The zero-order chi connectivity index (χ0) is 48.6. The first kappa shape index (κ1) is 63.1. The molecule has 6 heteroatoms. The second kappa shape index (κ2) is 54.7. The summed E-state index contributed by atoms with van der Waals surface area (Å²) in [6, 6.07) is 0. The zero-order valence-electron chi connectivity index (χ0n) is 43.4. The van der Waals surface area contributed by atoms with Gasteiger partial charge in [0.25, 0.3) is 0 Å². The number of carbonyl (C=O) groups is 3. The molecule has 6 nitrogen and oxygen atoms in total. The molecule has 0 aliphatic heterocycles. The lowest BCUT2D eigenvalue weighted by Crippen LogP contribution is -2.30. The van der Waals surface area contributed by atoms with Crippen LogP contribution in [-0.4, -0.2) is 37.2 Å². The molecule has 67 heavy (non-hydrogen) atoms. The van der Waals surface area contributed by atoms with E-state index in [0.29, 0.717) is 19.3 Å². The summed E-state index contributed by atoms with van der Waals surface area (Å²) in [6.07, 6.45) is 73.8. The van der Waals surface area contributed by atoms with Crippen molar-refractivity contribution < 1.29 is 28.6 Å². The van der Waals surface area contributed by atoms with Crippen molar-refractivity contribution in [2.45, 2.75) is 245 Å². The summed E-state index contributed by atoms with van der Waals surface area (Å²) in [6.45, 7) is 6.42. The van der Waals surface area contributed by atoms with Crippen LogP contribution in [-0.2, 0) is 28.6 Å². The Morgan fingerprint density at radius 1 is 0.313 bits per heavy atom. The van der Waals surface area contributed by atoms with Crippen molar-refractivity contribution in [3.63, 3.8) is 0 Å². The lowest BCUT2D eigenvalue weighted by Gasteiger charge is -2.18. The van der Waals surface area contributed by atoms with Gasteiger partial charge in [-0.1, -0.05) is 220 Å². The molecule has 0 saturated heterocycles. The van der Waals surface area contributed by atoms with Crippen LogP contribution in [0.3, 0.4) is 0 Å². The lowest BCUT2D eigenvalue weighted by molar-refractivity contribution is -0.167. The highest BCUT2D eigenvalue weighted by Crippen LogP contribution is 2.13. The Hall–Kier alpha value is -3.93. The molecule has 0 bridgehead atoms. The molecule has 0 amide bonds. The minimum absolute atomic E-state index is 0.0959. The molecule has 0 aromatic rings. The Kier molecular flexibility index (Phi) is 51.5. The van der Waals surface area contributed by atoms with Gasteiger partial charge >= 0.3 is 17.9 Å². The molecule has 1 atom stereocenters. The van der Waals surface area contributed by atoms with Crippen molar-refractivity contribution in [2.75, 3.05) is 13.2 Å². The van der Waals surface area contributed by atoms with Crippen molar-refractivity contribution >= 4 is 17.9 Å². The third kappa shape index (κ3) is 52.9. The third-order valence-corrected chi connectivity index (χ3v) is 11.3. The highest BCUT2D eigenvalue weighted by molar-refractivity contribution is 5.71. The van der Waals surface area contributed by atoms with E-state index in [9.17, 15) is 14.4 Å². The SMILES string of the molecule is CC/C=C\C/C=C\C/C=C\C/C=C\C/C=C\C/C=C\C/C=C\C/C=C\CCCCC(=O)OCC(COC(=O)CCCCCCCCC)OC(=O)CCCCCCC/C=C\CCCCCCCC. The Morgan fingerprint density at radius 3 is 0.955 bits per heavy atom. The number of hydrogen-bond donors (Lipinski definition) is 0. The topological polar surface area (TPSA) is 78.9 Å². The van der Waals surface area contributed by atoms with E-state index in [1.165, 1.54) is 77.0 Å². The van der Waals surface area contributed by atoms with Crippen LogP contribution in [0.15, 0.2) is 109 Å². The second-order valence-electron chi connectivity index (χ2n) is 17.8. The van der Waals surface area contributed by atoms with Crippen molar-refractivity contribution in [1.82, 2.24) is 0 Å². The number of ether oxygens (including phenoxy) is 3. The molecule has 0 aliphatic rings. The van der Waals surface area contributed by atoms with Gasteiger partial charge in [-0.15, -0.1) is 0 Å². The second-order valence-corrected chi connectivity index (χ2v) is 17.8. The van der Waals surface area contributed by atoms with Crippen LogP contribution in [0, 0.1) is 0 Å². The van der Waals surface area contributed by atoms with Crippen LogP contribution in [0.1, 0.15) is 239 Å². The van der Waals surface area contributed by atoms with Gasteiger partial charge in [0.2, 0.25) is 0 Å². The number of unbranched alkanes of at least 4 members (excludes halogenated alkanes) is 19. The number of allylic oxidation sites excluding steroid dienone is 18. The van der Waals surface area contributed by atoms with Crippen molar-refractivity contribution in [3.05, 3.63) is 109 Å². The molecular formula is C61H100O6. The summed E-state index contributed by atoms with van der Waals surface area (Å²) >= 11 is 0. The molecule has 0 radical (unpaired) electrons. The van der Waals surface area contributed by atoms with Crippen molar-refractivity contribution in [2.24, 2.45) is 0 Å². The fourth-order valence-corrected chi connectivity index (χ4v) is 7.16. The monoisotopic (exact) mass is 929 g/mol. The maximum Gasteiger partial charge on any atom is 0.306 e. The molecule has 0 saturated carbocycles. The minimum atomic E-state index is -0.798. The molecular weight excluding hydrogens is 829 g/mol. The summed E-state index contributed by atoms with van der Waals surface area (Å²) in [5, 5.41) is 0. The Morgan fingerprint density at radius 2 is 0.582 bits per heavy atom. The van der Waals surface area contributed by atoms with E-state index in [0.717, 1.165) is 122 Å². The van der Waals surface area contributed by atoms with Crippen LogP contribution in [0.2, 0.25) is 0 Å². The molecule has 380 valence electrons. The van der Waals surface area contributed by atoms with E-state index in [2.05, 4.69) is 130 Å². The van der Waals surface area contributed by atoms with Crippen LogP contribution in [0.4, 0.5) is 0 Å². The van der Waals surface area contributed by atoms with E-state index >= 15 is 0 Å². The molecule has 0 N–H and O–H groups in total. The van der Waals surface area contributed by atoms with Crippen molar-refractivity contribution in [1.29, 1.82) is 0 Å². The number of hydrogen-bond acceptors (Lipinski definition) is 6. The number of carbonyl (C=O) groups excluding carboxylic acids is 3. The van der Waals surface area contributed by atoms with E-state index in [1.807, 2.05) is 0 Å². The first-order valence-corrected chi connectivity index (χ1v) is 27.4. The molecule has 0 heterocycles. The maximum absolute atomic E-state index is 12.8. The zero-order valence-corrected chi connectivity index (χ0v) is 43.4. The summed E-state index contributed by atoms with van der Waals surface area (Å²) in [4.78, 5) is 37.8. The van der Waals surface area contributed by atoms with Gasteiger partial charge in [-0.05, 0) is 109 Å². The fraction of sp³-hybridized carbons (Fsp3) is 0.656. The highest BCUT2D eigenvalue weighted by Gasteiger charge is 2.19. The summed E-state index contributed by atoms with van der Waals surface area (Å²) in [5.41, 5.74) is 0. The van der Waals surface area contributed by atoms with Gasteiger partial charge < -0.3 is 14.2 Å². The van der Waals surface area contributed by atoms with Crippen LogP contribution >= 0.6 is 0 Å². The lowest BCUT2D eigenvalue weighted by atomic mass is 10.1. The Balaban J connectivity index is 4.32. The molecule has 0 rings (SSSR count). The average Bonchev–Trinajstić information content (AvgIpc) is 3.33. The van der Waals surface area contributed by atoms with Gasteiger partial charge in [0.15, 0.2) is 6.10 Å². The van der Waals surface area contributed by atoms with Gasteiger partial charge in [0, 0.05) is 19.3 Å². The van der Waals surface area contributed by atoms with Crippen LogP contribution < -0.4 is 0 Å². The van der Waals surface area contributed by atoms with Crippen molar-refractivity contribution in [3.8, 4) is 0 Å². The van der Waals surface area contributed by atoms with E-state index in [-0.39, 0.29) is 31.1 Å². The summed E-state index contributed by atoms with van der Waals surface area (Å²) in [5.74, 6) is -0.960. The summed E-state index contributed by atoms with van der Waals surface area (Å²) in [7, 11) is 0. The van der Waals surface area contributed by atoms with E-state index in [1.54, 1.807) is 0 Å². The molecule has 0 aromatic heterocycles. The average molecular weight is 929 g/mol. The standard InChI is InChI=1S/C61H100O6/c1-4-7-10-13-16-18-20-22-24-25-26-27-28-29-30-31-32-33-34-35-37-38-40-42-45-48-51-54-60(63)66-57-58(56-65-59(62)53-50-47-44-15-12-9-6-3)67-61(64)55-52-49-46-43-41-39-36-23-21-19-17-14-11-8-5-2/h7,10,16,18,22-24,26-27,29-30,32-33,35-37,40,42,58H,4-6,8-9,11-15,17,19-21,25,28,31,34,38-39,41,43-57H2,1-3H3/b10-7-,18-16-,24-22-,27-26-,30-29-,33-32-,36-23-,37-35-,42-40-. The number of esters is 3. The number of rotatable bonds is 48. The largest absolute Gasteiger partial charge is 0.462 e. The van der Waals surface area contributed by atoms with Crippen LogP contribution in [0.5, 0.6) is 0 Å². The van der Waals surface area contributed by atoms with Gasteiger partial charge in [-0.25, -0.2) is 0 Å². The molecule has 0 spiro atoms. The maximum atomic E-state index is 12.8. The van der Waals surface area contributed by atoms with Gasteiger partial charge in [-0.3, -0.25) is 14.4 Å². The van der Waals surface area contributed by atoms with E-state index in [4.69, 9.17) is 14.2 Å². The van der Waals surface area contributed by atoms with Crippen LogP contribution in [0.25, 0.3) is 0 Å². The molecule has 1 unspecified atom stereocenters. The summed E-state index contributed by atoms with van der Waals surface area (Å²) < 4.78 is 16.7. The predicted octanol–water partition coefficient (Wildman–Crippen LogP) is 18.3. The third-order valence-electron chi connectivity index (χ3n) is 11.3. The first-order chi connectivity index (χ1) is 33.0. The van der Waals surface area contributed by atoms with E-state index < -0.39 is 6.10 Å². The molecule has 0 fully saturated rings. The first-order valence-electron chi connectivity index (χ1n) is 27.4. The van der Waals surface area contributed by atoms with Gasteiger partial charge in [0.05, 0.1) is 0 Å². The van der Waals surface area contributed by atoms with Gasteiger partial charge in [0.1, 0.15) is 13.2 Å². The predicted molar refractivity (Wildman–Crippen MR) is 288 cm³/mol. The fourth-order valence-electron chi connectivity index (χ4n) is 7.16. The Labute approximate surface area is 412 Å². The van der Waals surface area contributed by atoms with Gasteiger partial charge in [-0.2, -0.15) is 0 Å². The minimum Gasteiger partial charge on any atom is -0.462 e.